The van der Waals surface area contributed by atoms with Crippen molar-refractivity contribution in [3.05, 3.63) is 0 Å². The van der Waals surface area contributed by atoms with Crippen molar-refractivity contribution in [3.63, 3.8) is 0 Å². The summed E-state index contributed by atoms with van der Waals surface area (Å²) in [4.78, 5) is 28.2. The van der Waals surface area contributed by atoms with E-state index in [9.17, 15) is 9.59 Å². The summed E-state index contributed by atoms with van der Waals surface area (Å²) in [7, 11) is 0. The van der Waals surface area contributed by atoms with Crippen LogP contribution in [0.5, 0.6) is 0 Å². The molecule has 2 saturated heterocycles. The fourth-order valence-corrected chi connectivity index (χ4v) is 3.94. The Hall–Kier alpha value is -1.10. The topological polar surface area (TPSA) is 66.6 Å². The van der Waals surface area contributed by atoms with Crippen LogP contribution in [0.4, 0.5) is 0 Å². The molecule has 0 radical (unpaired) electrons. The maximum atomic E-state index is 12.6. The number of fused-ring (bicyclic) bond motifs is 1. The molecule has 2 heterocycles. The molecular formula is C14H23N3O2. The van der Waals surface area contributed by atoms with Crippen molar-refractivity contribution in [2.24, 2.45) is 17.6 Å². The number of piperazine rings is 1. The highest BCUT2D eigenvalue weighted by Crippen LogP contribution is 2.33. The first kappa shape index (κ1) is 12.9. The maximum absolute atomic E-state index is 12.6. The number of rotatable bonds is 2. The van der Waals surface area contributed by atoms with Crippen LogP contribution in [0.2, 0.25) is 0 Å². The summed E-state index contributed by atoms with van der Waals surface area (Å²) in [5.74, 6) is 1.05. The minimum absolute atomic E-state index is 0.133. The van der Waals surface area contributed by atoms with E-state index in [0.717, 1.165) is 38.8 Å². The van der Waals surface area contributed by atoms with Crippen LogP contribution >= 0.6 is 0 Å². The lowest BCUT2D eigenvalue weighted by atomic mass is 9.94. The molecule has 2 N–H and O–H groups in total. The summed E-state index contributed by atoms with van der Waals surface area (Å²) in [6.45, 7) is 2.78. The van der Waals surface area contributed by atoms with E-state index < -0.39 is 0 Å². The lowest BCUT2D eigenvalue weighted by molar-refractivity contribution is -0.142. The highest BCUT2D eigenvalue weighted by Gasteiger charge is 2.40. The summed E-state index contributed by atoms with van der Waals surface area (Å²) in [5.41, 5.74) is 5.77. The average molecular weight is 265 g/mol. The van der Waals surface area contributed by atoms with Gasteiger partial charge in [0.1, 0.15) is 0 Å². The maximum Gasteiger partial charge on any atom is 0.226 e. The minimum atomic E-state index is 0.133. The van der Waals surface area contributed by atoms with E-state index >= 15 is 0 Å². The van der Waals surface area contributed by atoms with Crippen molar-refractivity contribution in [1.82, 2.24) is 9.80 Å². The van der Waals surface area contributed by atoms with Gasteiger partial charge in [-0.05, 0) is 31.7 Å². The molecule has 3 unspecified atom stereocenters. The normalized spacial score (nSPS) is 34.8. The minimum Gasteiger partial charge on any atom is -0.339 e. The van der Waals surface area contributed by atoms with Gasteiger partial charge in [0.15, 0.2) is 0 Å². The van der Waals surface area contributed by atoms with Gasteiger partial charge in [0.05, 0.1) is 0 Å². The van der Waals surface area contributed by atoms with Crippen LogP contribution in [0.3, 0.4) is 0 Å². The summed E-state index contributed by atoms with van der Waals surface area (Å²) >= 11 is 0. The third kappa shape index (κ3) is 2.24. The number of hydrogen-bond donors (Lipinski definition) is 1. The van der Waals surface area contributed by atoms with Crippen molar-refractivity contribution in [2.75, 3.05) is 26.2 Å². The molecule has 3 fully saturated rings. The summed E-state index contributed by atoms with van der Waals surface area (Å²) in [5, 5.41) is 0. The Morgan fingerprint density at radius 2 is 2.11 bits per heavy atom. The molecule has 5 nitrogen and oxygen atoms in total. The summed E-state index contributed by atoms with van der Waals surface area (Å²) in [6.07, 6.45) is 4.77. The fourth-order valence-electron chi connectivity index (χ4n) is 3.94. The van der Waals surface area contributed by atoms with Gasteiger partial charge in [0, 0.05) is 38.0 Å². The SMILES string of the molecule is NCC1CCCC1C(=O)N1CCN2C(=O)CCC2C1. The first-order valence-corrected chi connectivity index (χ1v) is 7.49. The number of carbonyl (C=O) groups is 2. The van der Waals surface area contributed by atoms with Crippen LogP contribution in [-0.4, -0.2) is 53.8 Å². The lowest BCUT2D eigenvalue weighted by Gasteiger charge is -2.39. The number of nitrogens with two attached hydrogens (primary N) is 1. The summed E-state index contributed by atoms with van der Waals surface area (Å²) in [6, 6.07) is 0.267. The zero-order valence-corrected chi connectivity index (χ0v) is 11.4. The third-order valence-electron chi connectivity index (χ3n) is 5.09. The molecule has 5 heteroatoms. The third-order valence-corrected chi connectivity index (χ3v) is 5.09. The zero-order chi connectivity index (χ0) is 13.4. The van der Waals surface area contributed by atoms with E-state index in [1.54, 1.807) is 0 Å². The Bertz CT molecular complexity index is 385. The van der Waals surface area contributed by atoms with E-state index in [-0.39, 0.29) is 23.8 Å². The molecule has 3 aliphatic rings. The molecule has 106 valence electrons. The van der Waals surface area contributed by atoms with Gasteiger partial charge in [-0.3, -0.25) is 9.59 Å². The number of hydrogen-bond acceptors (Lipinski definition) is 3. The Morgan fingerprint density at radius 1 is 1.26 bits per heavy atom. The Kier molecular flexibility index (Phi) is 3.48. The molecule has 0 aromatic rings. The van der Waals surface area contributed by atoms with Crippen LogP contribution < -0.4 is 5.73 Å². The zero-order valence-electron chi connectivity index (χ0n) is 11.4. The Morgan fingerprint density at radius 3 is 2.89 bits per heavy atom. The Balaban J connectivity index is 1.64. The first-order chi connectivity index (χ1) is 9.20. The predicted molar refractivity (Wildman–Crippen MR) is 71.2 cm³/mol. The van der Waals surface area contributed by atoms with E-state index in [1.165, 1.54) is 0 Å². The molecule has 1 saturated carbocycles. The number of nitrogens with zero attached hydrogens (tertiary/aromatic N) is 2. The molecule has 2 aliphatic heterocycles. The number of carbonyl (C=O) groups excluding carboxylic acids is 2. The van der Waals surface area contributed by atoms with E-state index in [0.29, 0.717) is 25.4 Å². The van der Waals surface area contributed by atoms with Crippen molar-refractivity contribution in [2.45, 2.75) is 38.1 Å². The van der Waals surface area contributed by atoms with Gasteiger partial charge in [-0.2, -0.15) is 0 Å². The quantitative estimate of drug-likeness (QED) is 0.775. The van der Waals surface area contributed by atoms with Gasteiger partial charge >= 0.3 is 0 Å². The second kappa shape index (κ2) is 5.12. The highest BCUT2D eigenvalue weighted by atomic mass is 16.2. The van der Waals surface area contributed by atoms with Gasteiger partial charge in [-0.25, -0.2) is 0 Å². The molecular weight excluding hydrogens is 242 g/mol. The second-order valence-corrected chi connectivity index (χ2v) is 6.10. The van der Waals surface area contributed by atoms with Gasteiger partial charge in [-0.15, -0.1) is 0 Å². The van der Waals surface area contributed by atoms with Crippen molar-refractivity contribution < 1.29 is 9.59 Å². The van der Waals surface area contributed by atoms with Crippen LogP contribution in [0, 0.1) is 11.8 Å². The van der Waals surface area contributed by atoms with Crippen molar-refractivity contribution in [1.29, 1.82) is 0 Å². The van der Waals surface area contributed by atoms with Crippen LogP contribution in [0.1, 0.15) is 32.1 Å². The smallest absolute Gasteiger partial charge is 0.226 e. The second-order valence-electron chi connectivity index (χ2n) is 6.10. The molecule has 3 rings (SSSR count). The standard InChI is InChI=1S/C14H23N3O2/c15-8-10-2-1-3-12(10)14(19)16-6-7-17-11(9-16)4-5-13(17)18/h10-12H,1-9,15H2. The molecule has 1 aliphatic carbocycles. The summed E-state index contributed by atoms with van der Waals surface area (Å²) < 4.78 is 0. The molecule has 0 bridgehead atoms. The monoisotopic (exact) mass is 265 g/mol. The van der Waals surface area contributed by atoms with E-state index in [2.05, 4.69) is 0 Å². The largest absolute Gasteiger partial charge is 0.339 e. The molecule has 3 atom stereocenters. The molecule has 0 aromatic heterocycles. The molecule has 0 spiro atoms. The van der Waals surface area contributed by atoms with E-state index in [4.69, 9.17) is 5.73 Å². The van der Waals surface area contributed by atoms with Crippen molar-refractivity contribution >= 4 is 11.8 Å². The molecule has 2 amide bonds. The number of amides is 2. The van der Waals surface area contributed by atoms with Crippen LogP contribution in [0.25, 0.3) is 0 Å². The molecule has 19 heavy (non-hydrogen) atoms. The van der Waals surface area contributed by atoms with E-state index in [1.807, 2.05) is 9.80 Å². The first-order valence-electron chi connectivity index (χ1n) is 7.49. The van der Waals surface area contributed by atoms with Crippen LogP contribution in [0.15, 0.2) is 0 Å². The lowest BCUT2D eigenvalue weighted by Crippen LogP contribution is -2.54. The predicted octanol–water partition coefficient (Wildman–Crippen LogP) is 0.195. The fraction of sp³-hybridized carbons (Fsp3) is 0.857. The van der Waals surface area contributed by atoms with Crippen molar-refractivity contribution in [3.8, 4) is 0 Å². The molecule has 0 aromatic carbocycles. The van der Waals surface area contributed by atoms with Gasteiger partial charge in [-0.1, -0.05) is 6.42 Å². The average Bonchev–Trinajstić information content (AvgIpc) is 3.04. The highest BCUT2D eigenvalue weighted by molar-refractivity contribution is 5.82. The Labute approximate surface area is 114 Å². The van der Waals surface area contributed by atoms with Gasteiger partial charge in [0.2, 0.25) is 11.8 Å². The van der Waals surface area contributed by atoms with Gasteiger partial charge < -0.3 is 15.5 Å². The van der Waals surface area contributed by atoms with Crippen LogP contribution in [-0.2, 0) is 9.59 Å². The van der Waals surface area contributed by atoms with Gasteiger partial charge in [0.25, 0.3) is 0 Å².